The van der Waals surface area contributed by atoms with Crippen LogP contribution in [0.2, 0.25) is 0 Å². The van der Waals surface area contributed by atoms with Crippen molar-refractivity contribution >= 4 is 15.9 Å². The molecule has 19 heavy (non-hydrogen) atoms. The van der Waals surface area contributed by atoms with E-state index < -0.39 is 0 Å². The molecule has 3 aromatic rings. The SMILES string of the molecule is O=c1ccc(-c2nc(-c3cccc(Br)c3)no2)c[nH]1. The number of benzene rings is 1. The minimum absolute atomic E-state index is 0.171. The maximum absolute atomic E-state index is 11.0. The molecule has 0 atom stereocenters. The normalized spacial score (nSPS) is 10.6. The van der Waals surface area contributed by atoms with Gasteiger partial charge in [0, 0.05) is 22.3 Å². The quantitative estimate of drug-likeness (QED) is 0.788. The lowest BCUT2D eigenvalue weighted by molar-refractivity contribution is 0.432. The van der Waals surface area contributed by atoms with Crippen LogP contribution in [0.25, 0.3) is 22.8 Å². The summed E-state index contributed by atoms with van der Waals surface area (Å²) < 4.78 is 6.13. The van der Waals surface area contributed by atoms with Crippen LogP contribution < -0.4 is 5.56 Å². The van der Waals surface area contributed by atoms with Crippen molar-refractivity contribution in [1.82, 2.24) is 15.1 Å². The summed E-state index contributed by atoms with van der Waals surface area (Å²) in [5.74, 6) is 0.869. The van der Waals surface area contributed by atoms with E-state index in [1.165, 1.54) is 6.07 Å². The van der Waals surface area contributed by atoms with E-state index in [1.54, 1.807) is 12.3 Å². The maximum atomic E-state index is 11.0. The van der Waals surface area contributed by atoms with Gasteiger partial charge in [0.05, 0.1) is 5.56 Å². The Morgan fingerprint density at radius 2 is 2.05 bits per heavy atom. The highest BCUT2D eigenvalue weighted by Crippen LogP contribution is 2.23. The molecule has 0 aliphatic carbocycles. The molecule has 1 aromatic carbocycles. The highest BCUT2D eigenvalue weighted by atomic mass is 79.9. The minimum atomic E-state index is -0.171. The van der Waals surface area contributed by atoms with E-state index in [4.69, 9.17) is 4.52 Å². The second-order valence-corrected chi connectivity index (χ2v) is 4.79. The number of H-pyrrole nitrogens is 1. The van der Waals surface area contributed by atoms with Crippen LogP contribution >= 0.6 is 15.9 Å². The first-order valence-electron chi connectivity index (χ1n) is 5.51. The average molecular weight is 318 g/mol. The number of nitrogens with zero attached hydrogens (tertiary/aromatic N) is 2. The zero-order valence-corrected chi connectivity index (χ0v) is 11.2. The van der Waals surface area contributed by atoms with Crippen LogP contribution in [0.1, 0.15) is 0 Å². The molecule has 2 aromatic heterocycles. The first kappa shape index (κ1) is 11.9. The van der Waals surface area contributed by atoms with E-state index >= 15 is 0 Å². The van der Waals surface area contributed by atoms with Gasteiger partial charge in [-0.2, -0.15) is 4.98 Å². The monoisotopic (exact) mass is 317 g/mol. The zero-order valence-electron chi connectivity index (χ0n) is 9.63. The van der Waals surface area contributed by atoms with Gasteiger partial charge in [-0.05, 0) is 18.2 Å². The molecule has 0 unspecified atom stereocenters. The molecule has 0 spiro atoms. The molecule has 0 fully saturated rings. The van der Waals surface area contributed by atoms with Gasteiger partial charge in [0.15, 0.2) is 0 Å². The predicted molar refractivity (Wildman–Crippen MR) is 73.5 cm³/mol. The zero-order chi connectivity index (χ0) is 13.2. The average Bonchev–Trinajstić information content (AvgIpc) is 2.89. The van der Waals surface area contributed by atoms with Gasteiger partial charge in [0.2, 0.25) is 11.4 Å². The first-order valence-corrected chi connectivity index (χ1v) is 6.30. The molecule has 0 amide bonds. The van der Waals surface area contributed by atoms with E-state index in [2.05, 4.69) is 31.1 Å². The smallest absolute Gasteiger partial charge is 0.259 e. The van der Waals surface area contributed by atoms with Gasteiger partial charge in [-0.1, -0.05) is 33.2 Å². The fourth-order valence-electron chi connectivity index (χ4n) is 1.63. The lowest BCUT2D eigenvalue weighted by atomic mass is 10.2. The summed E-state index contributed by atoms with van der Waals surface area (Å²) in [6.07, 6.45) is 1.54. The Bertz CT molecular complexity index is 759. The molecule has 0 aliphatic rings. The predicted octanol–water partition coefficient (Wildman–Crippen LogP) is 2.85. The number of rotatable bonds is 2. The fourth-order valence-corrected chi connectivity index (χ4v) is 2.03. The van der Waals surface area contributed by atoms with Crippen molar-refractivity contribution in [3.8, 4) is 22.8 Å². The molecular formula is C13H8BrN3O2. The number of aromatic amines is 1. The third-order valence-corrected chi connectivity index (χ3v) is 3.03. The molecule has 0 radical (unpaired) electrons. The number of hydrogen-bond acceptors (Lipinski definition) is 4. The molecule has 5 nitrogen and oxygen atoms in total. The van der Waals surface area contributed by atoms with E-state index in [0.29, 0.717) is 17.3 Å². The molecule has 0 bridgehead atoms. The van der Waals surface area contributed by atoms with E-state index in [9.17, 15) is 4.79 Å². The highest BCUT2D eigenvalue weighted by Gasteiger charge is 2.10. The van der Waals surface area contributed by atoms with Gasteiger partial charge in [0.1, 0.15) is 0 Å². The Kier molecular flexibility index (Phi) is 3.00. The van der Waals surface area contributed by atoms with Crippen molar-refractivity contribution in [3.63, 3.8) is 0 Å². The van der Waals surface area contributed by atoms with Gasteiger partial charge in [-0.3, -0.25) is 4.79 Å². The van der Waals surface area contributed by atoms with Gasteiger partial charge < -0.3 is 9.51 Å². The van der Waals surface area contributed by atoms with E-state index in [1.807, 2.05) is 24.3 Å². The van der Waals surface area contributed by atoms with Crippen molar-refractivity contribution < 1.29 is 4.52 Å². The summed E-state index contributed by atoms with van der Waals surface area (Å²) in [6, 6.07) is 10.7. The summed E-state index contributed by atoms with van der Waals surface area (Å²) >= 11 is 3.39. The van der Waals surface area contributed by atoms with Crippen LogP contribution in [0.4, 0.5) is 0 Å². The Labute approximate surface area is 116 Å². The first-order chi connectivity index (χ1) is 9.22. The van der Waals surface area contributed by atoms with Gasteiger partial charge in [0.25, 0.3) is 5.89 Å². The molecule has 6 heteroatoms. The molecule has 0 aliphatic heterocycles. The summed E-state index contributed by atoms with van der Waals surface area (Å²) in [5, 5.41) is 3.93. The number of aromatic nitrogens is 3. The second kappa shape index (κ2) is 4.81. The summed E-state index contributed by atoms with van der Waals surface area (Å²) in [5.41, 5.74) is 1.36. The Balaban J connectivity index is 1.99. The topological polar surface area (TPSA) is 71.8 Å². The number of hydrogen-bond donors (Lipinski definition) is 1. The van der Waals surface area contributed by atoms with Crippen LogP contribution in [0.5, 0.6) is 0 Å². The molecular weight excluding hydrogens is 310 g/mol. The molecule has 0 saturated carbocycles. The highest BCUT2D eigenvalue weighted by molar-refractivity contribution is 9.10. The number of nitrogens with one attached hydrogen (secondary N) is 1. The van der Waals surface area contributed by atoms with Crippen LogP contribution in [0.15, 0.2) is 56.4 Å². The Morgan fingerprint density at radius 3 is 2.79 bits per heavy atom. The lowest BCUT2D eigenvalue weighted by Crippen LogP contribution is -2.01. The van der Waals surface area contributed by atoms with Gasteiger partial charge >= 0.3 is 0 Å². The van der Waals surface area contributed by atoms with E-state index in [-0.39, 0.29) is 5.56 Å². The lowest BCUT2D eigenvalue weighted by Gasteiger charge is -1.94. The molecule has 1 N–H and O–H groups in total. The Hall–Kier alpha value is -2.21. The second-order valence-electron chi connectivity index (χ2n) is 3.88. The molecule has 0 saturated heterocycles. The van der Waals surface area contributed by atoms with Crippen molar-refractivity contribution in [3.05, 3.63) is 57.4 Å². The van der Waals surface area contributed by atoms with Crippen LogP contribution in [0, 0.1) is 0 Å². The third-order valence-electron chi connectivity index (χ3n) is 2.54. The van der Waals surface area contributed by atoms with Gasteiger partial charge in [-0.15, -0.1) is 0 Å². The Morgan fingerprint density at radius 1 is 1.16 bits per heavy atom. The molecule has 3 rings (SSSR count). The summed E-state index contributed by atoms with van der Waals surface area (Å²) in [7, 11) is 0. The van der Waals surface area contributed by atoms with Crippen LogP contribution in [0.3, 0.4) is 0 Å². The molecule has 94 valence electrons. The maximum Gasteiger partial charge on any atom is 0.259 e. The van der Waals surface area contributed by atoms with E-state index in [0.717, 1.165) is 10.0 Å². The van der Waals surface area contributed by atoms with Crippen molar-refractivity contribution in [1.29, 1.82) is 0 Å². The van der Waals surface area contributed by atoms with Crippen LogP contribution in [-0.4, -0.2) is 15.1 Å². The largest absolute Gasteiger partial charge is 0.334 e. The number of pyridine rings is 1. The van der Waals surface area contributed by atoms with Gasteiger partial charge in [-0.25, -0.2) is 0 Å². The summed E-state index contributed by atoms with van der Waals surface area (Å²) in [6.45, 7) is 0. The van der Waals surface area contributed by atoms with Crippen molar-refractivity contribution in [2.45, 2.75) is 0 Å². The fraction of sp³-hybridized carbons (Fsp3) is 0. The minimum Gasteiger partial charge on any atom is -0.334 e. The summed E-state index contributed by atoms with van der Waals surface area (Å²) in [4.78, 5) is 17.9. The standard InChI is InChI=1S/C13H8BrN3O2/c14-10-3-1-2-8(6-10)12-16-13(19-17-12)9-4-5-11(18)15-7-9/h1-7H,(H,15,18). The van der Waals surface area contributed by atoms with Crippen molar-refractivity contribution in [2.24, 2.45) is 0 Å². The number of halogens is 1. The third kappa shape index (κ3) is 2.48. The van der Waals surface area contributed by atoms with Crippen molar-refractivity contribution in [2.75, 3.05) is 0 Å². The molecule has 2 heterocycles. The van der Waals surface area contributed by atoms with Crippen LogP contribution in [-0.2, 0) is 0 Å².